The van der Waals surface area contributed by atoms with Crippen LogP contribution in [-0.2, 0) is 24.3 Å². The predicted octanol–water partition coefficient (Wildman–Crippen LogP) is 0.445. The average Bonchev–Trinajstić information content (AvgIpc) is 2.91. The van der Waals surface area contributed by atoms with Gasteiger partial charge < -0.3 is 10.6 Å². The summed E-state index contributed by atoms with van der Waals surface area (Å²) in [5.74, 6) is 0.0542. The van der Waals surface area contributed by atoms with E-state index in [0.717, 1.165) is 17.7 Å². The van der Waals surface area contributed by atoms with Crippen LogP contribution in [-0.4, -0.2) is 32.1 Å². The summed E-state index contributed by atoms with van der Waals surface area (Å²) in [5, 5.41) is 3.95. The molecule has 6 nitrogen and oxygen atoms in total. The molecule has 0 radical (unpaired) electrons. The molecule has 2 heterocycles. The Bertz CT molecular complexity index is 593. The van der Waals surface area contributed by atoms with Crippen LogP contribution in [0.3, 0.4) is 0 Å². The SMILES string of the molecule is Nc1cccc2c1CCN(C(=O)Cn1cncn1)C2. The zero-order valence-electron chi connectivity index (χ0n) is 10.5. The highest BCUT2D eigenvalue weighted by molar-refractivity contribution is 5.76. The van der Waals surface area contributed by atoms with Crippen LogP contribution < -0.4 is 5.73 Å². The molecular formula is C13H15N5O. The summed E-state index contributed by atoms with van der Waals surface area (Å²) in [7, 11) is 0. The van der Waals surface area contributed by atoms with E-state index in [9.17, 15) is 4.79 Å². The van der Waals surface area contributed by atoms with E-state index in [4.69, 9.17) is 5.73 Å². The second-order valence-corrected chi connectivity index (χ2v) is 4.64. The van der Waals surface area contributed by atoms with Crippen LogP contribution in [0.25, 0.3) is 0 Å². The Balaban J connectivity index is 1.73. The van der Waals surface area contributed by atoms with E-state index in [-0.39, 0.29) is 12.5 Å². The average molecular weight is 257 g/mol. The van der Waals surface area contributed by atoms with Gasteiger partial charge in [-0.3, -0.25) is 4.79 Å². The van der Waals surface area contributed by atoms with Gasteiger partial charge in [0.1, 0.15) is 19.2 Å². The van der Waals surface area contributed by atoms with Crippen LogP contribution in [0.2, 0.25) is 0 Å². The monoisotopic (exact) mass is 257 g/mol. The van der Waals surface area contributed by atoms with Crippen LogP contribution in [0, 0.1) is 0 Å². The molecule has 19 heavy (non-hydrogen) atoms. The van der Waals surface area contributed by atoms with Gasteiger partial charge in [0.15, 0.2) is 0 Å². The quantitative estimate of drug-likeness (QED) is 0.792. The second-order valence-electron chi connectivity index (χ2n) is 4.64. The second kappa shape index (κ2) is 4.72. The lowest BCUT2D eigenvalue weighted by molar-refractivity contribution is -0.133. The van der Waals surface area contributed by atoms with Crippen LogP contribution in [0.15, 0.2) is 30.9 Å². The van der Waals surface area contributed by atoms with E-state index in [0.29, 0.717) is 13.1 Å². The number of aromatic nitrogens is 3. The highest BCUT2D eigenvalue weighted by atomic mass is 16.2. The van der Waals surface area contributed by atoms with Crippen molar-refractivity contribution in [2.45, 2.75) is 19.5 Å². The number of nitrogens with two attached hydrogens (primary N) is 1. The molecule has 0 spiro atoms. The minimum atomic E-state index is 0.0542. The molecule has 1 amide bonds. The summed E-state index contributed by atoms with van der Waals surface area (Å²) in [5.41, 5.74) is 9.08. The fraction of sp³-hybridized carbons (Fsp3) is 0.308. The van der Waals surface area contributed by atoms with E-state index >= 15 is 0 Å². The minimum absolute atomic E-state index is 0.0542. The number of carbonyl (C=O) groups is 1. The summed E-state index contributed by atoms with van der Waals surface area (Å²) in [6, 6.07) is 5.87. The van der Waals surface area contributed by atoms with Crippen molar-refractivity contribution in [3.8, 4) is 0 Å². The summed E-state index contributed by atoms with van der Waals surface area (Å²) >= 11 is 0. The van der Waals surface area contributed by atoms with Crippen molar-refractivity contribution in [1.82, 2.24) is 19.7 Å². The Morgan fingerprint density at radius 2 is 2.32 bits per heavy atom. The van der Waals surface area contributed by atoms with Crippen LogP contribution >= 0.6 is 0 Å². The number of rotatable bonds is 2. The number of amides is 1. The first-order valence-electron chi connectivity index (χ1n) is 6.20. The van der Waals surface area contributed by atoms with Gasteiger partial charge in [-0.25, -0.2) is 9.67 Å². The maximum atomic E-state index is 12.2. The van der Waals surface area contributed by atoms with Crippen molar-refractivity contribution in [1.29, 1.82) is 0 Å². The van der Waals surface area contributed by atoms with Gasteiger partial charge in [0.05, 0.1) is 0 Å². The van der Waals surface area contributed by atoms with Gasteiger partial charge >= 0.3 is 0 Å². The third kappa shape index (κ3) is 2.29. The smallest absolute Gasteiger partial charge is 0.244 e. The largest absolute Gasteiger partial charge is 0.398 e. The molecule has 0 saturated carbocycles. The summed E-state index contributed by atoms with van der Waals surface area (Å²) < 4.78 is 1.54. The topological polar surface area (TPSA) is 77.0 Å². The third-order valence-electron chi connectivity index (χ3n) is 3.42. The van der Waals surface area contributed by atoms with Gasteiger partial charge in [0, 0.05) is 18.8 Å². The number of carbonyl (C=O) groups excluding carboxylic acids is 1. The van der Waals surface area contributed by atoms with E-state index in [2.05, 4.69) is 10.1 Å². The number of nitrogen functional groups attached to an aromatic ring is 1. The normalized spacial score (nSPS) is 14.2. The van der Waals surface area contributed by atoms with E-state index in [1.165, 1.54) is 16.6 Å². The van der Waals surface area contributed by atoms with Gasteiger partial charge in [-0.15, -0.1) is 0 Å². The number of hydrogen-bond acceptors (Lipinski definition) is 4. The Labute approximate surface area is 110 Å². The fourth-order valence-electron chi connectivity index (χ4n) is 2.40. The van der Waals surface area contributed by atoms with Crippen molar-refractivity contribution < 1.29 is 4.79 Å². The van der Waals surface area contributed by atoms with Crippen molar-refractivity contribution in [2.75, 3.05) is 12.3 Å². The molecule has 1 aromatic heterocycles. The molecular weight excluding hydrogens is 242 g/mol. The van der Waals surface area contributed by atoms with Crippen LogP contribution in [0.1, 0.15) is 11.1 Å². The minimum Gasteiger partial charge on any atom is -0.398 e. The fourth-order valence-corrected chi connectivity index (χ4v) is 2.40. The lowest BCUT2D eigenvalue weighted by atomic mass is 9.98. The number of fused-ring (bicyclic) bond motifs is 1. The predicted molar refractivity (Wildman–Crippen MR) is 70.0 cm³/mol. The highest BCUT2D eigenvalue weighted by Crippen LogP contribution is 2.24. The first-order chi connectivity index (χ1) is 9.24. The molecule has 0 atom stereocenters. The molecule has 1 aromatic carbocycles. The van der Waals surface area contributed by atoms with Gasteiger partial charge in [-0.1, -0.05) is 12.1 Å². The Hall–Kier alpha value is -2.37. The van der Waals surface area contributed by atoms with Crippen molar-refractivity contribution in [2.24, 2.45) is 0 Å². The number of nitrogens with zero attached hydrogens (tertiary/aromatic N) is 4. The van der Waals surface area contributed by atoms with E-state index in [1.54, 1.807) is 6.33 Å². The molecule has 0 aliphatic carbocycles. The van der Waals surface area contributed by atoms with Crippen molar-refractivity contribution in [3.63, 3.8) is 0 Å². The Morgan fingerprint density at radius 3 is 3.11 bits per heavy atom. The lowest BCUT2D eigenvalue weighted by Gasteiger charge is -2.29. The highest BCUT2D eigenvalue weighted by Gasteiger charge is 2.21. The molecule has 1 aliphatic heterocycles. The van der Waals surface area contributed by atoms with Gasteiger partial charge in [0.2, 0.25) is 5.91 Å². The van der Waals surface area contributed by atoms with Crippen molar-refractivity contribution >= 4 is 11.6 Å². The standard InChI is InChI=1S/C13H15N5O/c14-12-3-1-2-10-6-17(5-4-11(10)12)13(19)7-18-9-15-8-16-18/h1-3,8-9H,4-7,14H2. The first kappa shape index (κ1) is 11.7. The Kier molecular flexibility index (Phi) is 2.91. The maximum Gasteiger partial charge on any atom is 0.244 e. The zero-order chi connectivity index (χ0) is 13.2. The molecule has 0 bridgehead atoms. The van der Waals surface area contributed by atoms with E-state index in [1.807, 2.05) is 23.1 Å². The summed E-state index contributed by atoms with van der Waals surface area (Å²) in [4.78, 5) is 17.8. The molecule has 1 aliphatic rings. The van der Waals surface area contributed by atoms with Crippen molar-refractivity contribution in [3.05, 3.63) is 42.0 Å². The molecule has 0 fully saturated rings. The maximum absolute atomic E-state index is 12.2. The Morgan fingerprint density at radius 1 is 1.42 bits per heavy atom. The number of anilines is 1. The van der Waals surface area contributed by atoms with Crippen LogP contribution in [0.5, 0.6) is 0 Å². The van der Waals surface area contributed by atoms with Gasteiger partial charge in [-0.2, -0.15) is 5.10 Å². The van der Waals surface area contributed by atoms with Crippen LogP contribution in [0.4, 0.5) is 5.69 Å². The molecule has 98 valence electrons. The molecule has 0 unspecified atom stereocenters. The van der Waals surface area contributed by atoms with Gasteiger partial charge in [0.25, 0.3) is 0 Å². The summed E-state index contributed by atoms with van der Waals surface area (Å²) in [6.07, 6.45) is 3.79. The molecule has 0 saturated heterocycles. The number of hydrogen-bond donors (Lipinski definition) is 1. The van der Waals surface area contributed by atoms with Gasteiger partial charge in [-0.05, 0) is 23.6 Å². The molecule has 2 N–H and O–H groups in total. The molecule has 2 aromatic rings. The van der Waals surface area contributed by atoms with E-state index < -0.39 is 0 Å². The summed E-state index contributed by atoms with van der Waals surface area (Å²) in [6.45, 7) is 1.56. The molecule has 3 rings (SSSR count). The first-order valence-corrected chi connectivity index (χ1v) is 6.20. The third-order valence-corrected chi connectivity index (χ3v) is 3.42. The number of benzene rings is 1. The zero-order valence-corrected chi connectivity index (χ0v) is 10.5. The lowest BCUT2D eigenvalue weighted by Crippen LogP contribution is -2.38. The molecule has 6 heteroatoms.